The predicted molar refractivity (Wildman–Crippen MR) is 92.8 cm³/mol. The van der Waals surface area contributed by atoms with Gasteiger partial charge < -0.3 is 15.4 Å². The van der Waals surface area contributed by atoms with E-state index in [4.69, 9.17) is 10.5 Å². The molecule has 1 aliphatic rings. The maximum absolute atomic E-state index is 13.1. The van der Waals surface area contributed by atoms with Crippen molar-refractivity contribution in [3.05, 3.63) is 54.1 Å². The molecule has 0 bridgehead atoms. The highest BCUT2D eigenvalue weighted by Gasteiger charge is 2.35. The fourth-order valence-electron chi connectivity index (χ4n) is 2.88. The summed E-state index contributed by atoms with van der Waals surface area (Å²) in [5.41, 5.74) is 7.94. The first-order chi connectivity index (χ1) is 11.1. The Bertz CT molecular complexity index is 693. The van der Waals surface area contributed by atoms with Crippen LogP contribution in [0.3, 0.4) is 0 Å². The topological polar surface area (TPSA) is 55.6 Å². The average Bonchev–Trinajstić information content (AvgIpc) is 3.40. The number of carbonyl (C=O) groups excluding carboxylic acids is 1. The lowest BCUT2D eigenvalue weighted by Crippen LogP contribution is -2.40. The molecule has 0 heterocycles. The van der Waals surface area contributed by atoms with Crippen LogP contribution in [0, 0.1) is 5.92 Å². The molecule has 1 saturated carbocycles. The molecule has 4 nitrogen and oxygen atoms in total. The number of ether oxygens (including phenoxy) is 1. The van der Waals surface area contributed by atoms with E-state index >= 15 is 0 Å². The molecule has 1 atom stereocenters. The van der Waals surface area contributed by atoms with Gasteiger partial charge in [0, 0.05) is 23.0 Å². The van der Waals surface area contributed by atoms with E-state index in [1.807, 2.05) is 41.3 Å². The first-order valence-electron chi connectivity index (χ1n) is 7.93. The number of amides is 1. The monoisotopic (exact) mass is 310 g/mol. The van der Waals surface area contributed by atoms with Crippen LogP contribution in [0.2, 0.25) is 0 Å². The van der Waals surface area contributed by atoms with Crippen LogP contribution in [-0.2, 0) is 0 Å². The van der Waals surface area contributed by atoms with Crippen LogP contribution in [0.1, 0.15) is 30.1 Å². The second kappa shape index (κ2) is 6.32. The number of methoxy groups -OCH3 is 1. The zero-order valence-corrected chi connectivity index (χ0v) is 13.5. The number of rotatable bonds is 5. The maximum atomic E-state index is 13.1. The van der Waals surface area contributed by atoms with Crippen molar-refractivity contribution in [3.63, 3.8) is 0 Å². The summed E-state index contributed by atoms with van der Waals surface area (Å²) in [6, 6.07) is 15.0. The van der Waals surface area contributed by atoms with E-state index < -0.39 is 0 Å². The average molecular weight is 310 g/mol. The summed E-state index contributed by atoms with van der Waals surface area (Å²) in [6.45, 7) is 2.12. The van der Waals surface area contributed by atoms with Gasteiger partial charge in [-0.1, -0.05) is 6.07 Å². The minimum absolute atomic E-state index is 0.0122. The van der Waals surface area contributed by atoms with Crippen LogP contribution in [0.4, 0.5) is 11.4 Å². The number of hydrogen-bond donors (Lipinski definition) is 1. The van der Waals surface area contributed by atoms with Gasteiger partial charge in [0.15, 0.2) is 0 Å². The minimum atomic E-state index is -0.0122. The molecule has 120 valence electrons. The Kier molecular flexibility index (Phi) is 4.24. The molecule has 0 spiro atoms. The lowest BCUT2D eigenvalue weighted by Gasteiger charge is -2.30. The second-order valence-electron chi connectivity index (χ2n) is 6.08. The molecule has 0 radical (unpaired) electrons. The normalized spacial score (nSPS) is 15.0. The van der Waals surface area contributed by atoms with Crippen LogP contribution in [0.5, 0.6) is 5.75 Å². The van der Waals surface area contributed by atoms with Gasteiger partial charge in [0.1, 0.15) is 5.75 Å². The standard InChI is InChI=1S/C19H22N2O2/c1-13(14-6-7-14)21(17-8-10-18(23-2)11-9-17)19(22)15-4-3-5-16(20)12-15/h3-5,8-14H,6-7,20H2,1-2H3. The molecule has 0 saturated heterocycles. The van der Waals surface area contributed by atoms with Gasteiger partial charge in [0.2, 0.25) is 0 Å². The molecule has 2 aromatic rings. The Labute approximate surface area is 136 Å². The molecule has 2 N–H and O–H groups in total. The van der Waals surface area contributed by atoms with E-state index in [1.54, 1.807) is 19.2 Å². The predicted octanol–water partition coefficient (Wildman–Crippen LogP) is 3.72. The Morgan fingerprint density at radius 2 is 1.91 bits per heavy atom. The summed E-state index contributed by atoms with van der Waals surface area (Å²) in [5.74, 6) is 1.34. The summed E-state index contributed by atoms with van der Waals surface area (Å²) >= 11 is 0. The lowest BCUT2D eigenvalue weighted by molar-refractivity contribution is 0.0975. The third-order valence-electron chi connectivity index (χ3n) is 4.41. The number of carbonyl (C=O) groups is 1. The molecule has 1 fully saturated rings. The lowest BCUT2D eigenvalue weighted by atomic mass is 10.1. The van der Waals surface area contributed by atoms with Crippen LogP contribution >= 0.6 is 0 Å². The van der Waals surface area contributed by atoms with Crippen molar-refractivity contribution in [2.75, 3.05) is 17.7 Å². The van der Waals surface area contributed by atoms with Gasteiger partial charge in [-0.15, -0.1) is 0 Å². The fraction of sp³-hybridized carbons (Fsp3) is 0.316. The molecular formula is C19H22N2O2. The smallest absolute Gasteiger partial charge is 0.258 e. The van der Waals surface area contributed by atoms with Crippen molar-refractivity contribution in [2.24, 2.45) is 5.92 Å². The van der Waals surface area contributed by atoms with Crippen molar-refractivity contribution in [1.82, 2.24) is 0 Å². The zero-order chi connectivity index (χ0) is 16.4. The molecule has 4 heteroatoms. The number of nitrogens with two attached hydrogens (primary N) is 1. The van der Waals surface area contributed by atoms with Gasteiger partial charge in [0.05, 0.1) is 7.11 Å². The quantitative estimate of drug-likeness (QED) is 0.856. The Hall–Kier alpha value is -2.49. The molecule has 0 aromatic heterocycles. The van der Waals surface area contributed by atoms with Crippen molar-refractivity contribution < 1.29 is 9.53 Å². The first kappa shape index (κ1) is 15.4. The molecular weight excluding hydrogens is 288 g/mol. The fourth-order valence-corrected chi connectivity index (χ4v) is 2.88. The highest BCUT2D eigenvalue weighted by molar-refractivity contribution is 6.07. The van der Waals surface area contributed by atoms with Crippen molar-refractivity contribution in [3.8, 4) is 5.75 Å². The molecule has 3 rings (SSSR count). The Balaban J connectivity index is 1.95. The minimum Gasteiger partial charge on any atom is -0.497 e. The van der Waals surface area contributed by atoms with Gasteiger partial charge in [-0.2, -0.15) is 0 Å². The van der Waals surface area contributed by atoms with E-state index in [9.17, 15) is 4.79 Å². The van der Waals surface area contributed by atoms with Crippen molar-refractivity contribution in [1.29, 1.82) is 0 Å². The first-order valence-corrected chi connectivity index (χ1v) is 7.93. The van der Waals surface area contributed by atoms with E-state index in [1.165, 1.54) is 12.8 Å². The molecule has 1 amide bonds. The molecule has 1 unspecified atom stereocenters. The van der Waals surface area contributed by atoms with E-state index in [-0.39, 0.29) is 11.9 Å². The van der Waals surface area contributed by atoms with Gasteiger partial charge >= 0.3 is 0 Å². The third kappa shape index (κ3) is 3.31. The summed E-state index contributed by atoms with van der Waals surface area (Å²) in [7, 11) is 1.64. The van der Waals surface area contributed by atoms with Gasteiger partial charge in [0.25, 0.3) is 5.91 Å². The SMILES string of the molecule is COc1ccc(N(C(=O)c2cccc(N)c2)C(C)C2CC2)cc1. The van der Waals surface area contributed by atoms with E-state index in [0.717, 1.165) is 11.4 Å². The van der Waals surface area contributed by atoms with Crippen LogP contribution < -0.4 is 15.4 Å². The number of nitrogen functional groups attached to an aromatic ring is 1. The molecule has 0 aliphatic heterocycles. The molecule has 23 heavy (non-hydrogen) atoms. The number of nitrogens with zero attached hydrogens (tertiary/aromatic N) is 1. The van der Waals surface area contributed by atoms with Crippen molar-refractivity contribution in [2.45, 2.75) is 25.8 Å². The maximum Gasteiger partial charge on any atom is 0.258 e. The largest absolute Gasteiger partial charge is 0.497 e. The Morgan fingerprint density at radius 3 is 2.48 bits per heavy atom. The van der Waals surface area contributed by atoms with Crippen LogP contribution in [0.15, 0.2) is 48.5 Å². The van der Waals surface area contributed by atoms with Crippen molar-refractivity contribution >= 4 is 17.3 Å². The summed E-state index contributed by atoms with van der Waals surface area (Å²) in [4.78, 5) is 14.9. The summed E-state index contributed by atoms with van der Waals surface area (Å²) in [6.07, 6.45) is 2.36. The second-order valence-corrected chi connectivity index (χ2v) is 6.08. The highest BCUT2D eigenvalue weighted by Crippen LogP contribution is 2.38. The van der Waals surface area contributed by atoms with E-state index in [2.05, 4.69) is 6.92 Å². The molecule has 2 aromatic carbocycles. The zero-order valence-electron chi connectivity index (χ0n) is 13.5. The summed E-state index contributed by atoms with van der Waals surface area (Å²) < 4.78 is 5.21. The number of benzene rings is 2. The van der Waals surface area contributed by atoms with Crippen LogP contribution in [-0.4, -0.2) is 19.1 Å². The number of hydrogen-bond acceptors (Lipinski definition) is 3. The Morgan fingerprint density at radius 1 is 1.22 bits per heavy atom. The van der Waals surface area contributed by atoms with Gasteiger partial charge in [-0.25, -0.2) is 0 Å². The number of anilines is 2. The van der Waals surface area contributed by atoms with E-state index in [0.29, 0.717) is 17.2 Å². The molecule has 1 aliphatic carbocycles. The van der Waals surface area contributed by atoms with Gasteiger partial charge in [-0.3, -0.25) is 4.79 Å². The van der Waals surface area contributed by atoms with Gasteiger partial charge in [-0.05, 0) is 68.1 Å². The van der Waals surface area contributed by atoms with Crippen LogP contribution in [0.25, 0.3) is 0 Å². The third-order valence-corrected chi connectivity index (χ3v) is 4.41. The highest BCUT2D eigenvalue weighted by atomic mass is 16.5. The summed E-state index contributed by atoms with van der Waals surface area (Å²) in [5, 5.41) is 0.